The summed E-state index contributed by atoms with van der Waals surface area (Å²) in [4.78, 5) is 31.4. The second kappa shape index (κ2) is 10.5. The van der Waals surface area contributed by atoms with Gasteiger partial charge in [-0.25, -0.2) is 0 Å². The summed E-state index contributed by atoms with van der Waals surface area (Å²) in [6.45, 7) is 6.96. The molecule has 0 spiro atoms. The molecule has 0 bridgehead atoms. The summed E-state index contributed by atoms with van der Waals surface area (Å²) in [5.74, 6) is 0.615. The van der Waals surface area contributed by atoms with E-state index >= 15 is 0 Å². The lowest BCUT2D eigenvalue weighted by Gasteiger charge is -2.31. The van der Waals surface area contributed by atoms with Gasteiger partial charge in [-0.1, -0.05) is 41.4 Å². The van der Waals surface area contributed by atoms with E-state index in [4.69, 9.17) is 13.9 Å². The number of rotatable bonds is 8. The zero-order chi connectivity index (χ0) is 24.4. The number of nitrogens with zero attached hydrogens (tertiary/aromatic N) is 2. The molecule has 0 saturated carbocycles. The largest absolute Gasteiger partial charge is 0.494 e. The first kappa shape index (κ1) is 24.0. The molecule has 1 atom stereocenters. The molecule has 1 saturated heterocycles. The van der Waals surface area contributed by atoms with Crippen LogP contribution in [-0.2, 0) is 4.74 Å². The first-order chi connectivity index (χ1) is 17.1. The third kappa shape index (κ3) is 4.87. The van der Waals surface area contributed by atoms with Crippen molar-refractivity contribution in [2.75, 3.05) is 46.0 Å². The lowest BCUT2D eigenvalue weighted by Crippen LogP contribution is -2.42. The zero-order valence-corrected chi connectivity index (χ0v) is 21.4. The van der Waals surface area contributed by atoms with Crippen molar-refractivity contribution in [2.45, 2.75) is 25.8 Å². The summed E-state index contributed by atoms with van der Waals surface area (Å²) < 4.78 is 18.2. The maximum Gasteiger partial charge on any atom is 0.290 e. The van der Waals surface area contributed by atoms with Crippen molar-refractivity contribution in [1.82, 2.24) is 9.80 Å². The van der Waals surface area contributed by atoms with E-state index in [1.165, 1.54) is 0 Å². The number of carbonyl (C=O) groups is 1. The highest BCUT2D eigenvalue weighted by Crippen LogP contribution is 2.39. The van der Waals surface area contributed by atoms with Crippen molar-refractivity contribution in [3.63, 3.8) is 0 Å². The van der Waals surface area contributed by atoms with Gasteiger partial charge in [-0.15, -0.1) is 0 Å². The Balaban J connectivity index is 1.56. The molecule has 5 rings (SSSR count). The number of halogens is 1. The monoisotopic (exact) mass is 540 g/mol. The molecule has 2 aromatic carbocycles. The summed E-state index contributed by atoms with van der Waals surface area (Å²) in [6.07, 6.45) is 2.01. The van der Waals surface area contributed by atoms with Crippen molar-refractivity contribution in [1.29, 1.82) is 0 Å². The molecule has 1 aromatic heterocycles. The number of amides is 1. The predicted octanol–water partition coefficient (Wildman–Crippen LogP) is 4.61. The maximum atomic E-state index is 13.7. The third-order valence-electron chi connectivity index (χ3n) is 6.63. The number of benzene rings is 2. The van der Waals surface area contributed by atoms with Gasteiger partial charge in [0, 0.05) is 30.7 Å². The molecule has 2 aliphatic rings. The Morgan fingerprint density at radius 1 is 1.09 bits per heavy atom. The van der Waals surface area contributed by atoms with E-state index in [1.54, 1.807) is 17.0 Å². The normalized spacial score (nSPS) is 18.3. The SMILES string of the molecule is CCCCOc1cccc(C2c3c(oc4ccc(Br)cc4c3=O)C(=O)N2CCN2CCOCC2)c1. The highest BCUT2D eigenvalue weighted by molar-refractivity contribution is 9.10. The second-order valence-electron chi connectivity index (χ2n) is 8.94. The molecule has 0 aliphatic carbocycles. The minimum Gasteiger partial charge on any atom is -0.494 e. The first-order valence-corrected chi connectivity index (χ1v) is 13.0. The fraction of sp³-hybridized carbons (Fsp3) is 0.407. The Morgan fingerprint density at radius 2 is 1.91 bits per heavy atom. The van der Waals surface area contributed by atoms with Gasteiger partial charge in [0.05, 0.1) is 36.8 Å². The average molecular weight is 541 g/mol. The van der Waals surface area contributed by atoms with Gasteiger partial charge >= 0.3 is 0 Å². The molecule has 3 aromatic rings. The summed E-state index contributed by atoms with van der Waals surface area (Å²) >= 11 is 3.45. The highest BCUT2D eigenvalue weighted by Gasteiger charge is 2.42. The molecule has 7 nitrogen and oxygen atoms in total. The molecule has 8 heteroatoms. The van der Waals surface area contributed by atoms with Gasteiger partial charge in [0.1, 0.15) is 11.3 Å². The van der Waals surface area contributed by atoms with E-state index in [2.05, 4.69) is 27.8 Å². The number of hydrogen-bond donors (Lipinski definition) is 0. The van der Waals surface area contributed by atoms with Crippen LogP contribution < -0.4 is 10.2 Å². The molecule has 1 fully saturated rings. The average Bonchev–Trinajstić information content (AvgIpc) is 3.16. The summed E-state index contributed by atoms with van der Waals surface area (Å²) in [7, 11) is 0. The van der Waals surface area contributed by atoms with Crippen LogP contribution in [0, 0.1) is 0 Å². The van der Waals surface area contributed by atoms with Gasteiger partial charge in [0.15, 0.2) is 5.43 Å². The van der Waals surface area contributed by atoms with Crippen molar-refractivity contribution >= 4 is 32.8 Å². The van der Waals surface area contributed by atoms with Gasteiger partial charge in [0.2, 0.25) is 5.76 Å². The standard InChI is InChI=1S/C27H29BrN2O5/c1-2-3-13-34-20-6-4-5-18(16-20)24-23-25(31)21-17-19(28)7-8-22(21)35-26(23)27(32)30(24)10-9-29-11-14-33-15-12-29/h4-8,16-17,24H,2-3,9-15H2,1H3. The summed E-state index contributed by atoms with van der Waals surface area (Å²) in [5.41, 5.74) is 1.48. The Hall–Kier alpha value is -2.68. The number of carbonyl (C=O) groups excluding carboxylic acids is 1. The fourth-order valence-electron chi connectivity index (χ4n) is 4.75. The molecule has 35 heavy (non-hydrogen) atoms. The van der Waals surface area contributed by atoms with Gasteiger partial charge < -0.3 is 18.8 Å². The van der Waals surface area contributed by atoms with Crippen LogP contribution in [0.15, 0.2) is 56.1 Å². The van der Waals surface area contributed by atoms with Crippen molar-refractivity contribution < 1.29 is 18.7 Å². The van der Waals surface area contributed by atoms with Crippen molar-refractivity contribution in [3.8, 4) is 5.75 Å². The number of unbranched alkanes of at least 4 members (excludes halogenated alkanes) is 1. The van der Waals surface area contributed by atoms with Crippen LogP contribution in [0.2, 0.25) is 0 Å². The van der Waals surface area contributed by atoms with Gasteiger partial charge in [-0.2, -0.15) is 0 Å². The second-order valence-corrected chi connectivity index (χ2v) is 9.86. The molecular formula is C27H29BrN2O5. The lowest BCUT2D eigenvalue weighted by molar-refractivity contribution is 0.0314. The van der Waals surface area contributed by atoms with Crippen LogP contribution in [0.5, 0.6) is 5.75 Å². The van der Waals surface area contributed by atoms with Crippen LogP contribution >= 0.6 is 15.9 Å². The minimum absolute atomic E-state index is 0.133. The first-order valence-electron chi connectivity index (χ1n) is 12.2. The van der Waals surface area contributed by atoms with Crippen LogP contribution in [-0.4, -0.2) is 61.7 Å². The molecule has 1 amide bonds. The number of hydrogen-bond acceptors (Lipinski definition) is 6. The molecule has 1 unspecified atom stereocenters. The summed E-state index contributed by atoms with van der Waals surface area (Å²) in [6, 6.07) is 12.5. The third-order valence-corrected chi connectivity index (χ3v) is 7.12. The van der Waals surface area contributed by atoms with Gasteiger partial charge in [-0.05, 0) is 42.3 Å². The number of ether oxygens (including phenoxy) is 2. The molecular weight excluding hydrogens is 512 g/mol. The van der Waals surface area contributed by atoms with Crippen LogP contribution in [0.4, 0.5) is 0 Å². The minimum atomic E-state index is -0.534. The smallest absolute Gasteiger partial charge is 0.290 e. The van der Waals surface area contributed by atoms with Crippen LogP contribution in [0.3, 0.4) is 0 Å². The quantitative estimate of drug-likeness (QED) is 0.388. The maximum absolute atomic E-state index is 13.7. The van der Waals surface area contributed by atoms with E-state index in [1.807, 2.05) is 30.3 Å². The van der Waals surface area contributed by atoms with E-state index in [9.17, 15) is 9.59 Å². The zero-order valence-electron chi connectivity index (χ0n) is 19.8. The molecule has 0 radical (unpaired) electrons. The topological polar surface area (TPSA) is 72.2 Å². The Kier molecular flexibility index (Phi) is 7.22. The van der Waals surface area contributed by atoms with E-state index in [0.717, 1.165) is 41.7 Å². The molecule has 3 heterocycles. The summed E-state index contributed by atoms with van der Waals surface area (Å²) in [5, 5.41) is 0.460. The van der Waals surface area contributed by atoms with Gasteiger partial charge in [-0.3, -0.25) is 14.5 Å². The molecule has 0 N–H and O–H groups in total. The van der Waals surface area contributed by atoms with E-state index < -0.39 is 6.04 Å². The predicted molar refractivity (Wildman–Crippen MR) is 137 cm³/mol. The van der Waals surface area contributed by atoms with Crippen LogP contribution in [0.1, 0.15) is 47.5 Å². The van der Waals surface area contributed by atoms with E-state index in [0.29, 0.717) is 49.4 Å². The van der Waals surface area contributed by atoms with Crippen molar-refractivity contribution in [3.05, 3.63) is 74.0 Å². The Labute approximate surface area is 212 Å². The molecule has 2 aliphatic heterocycles. The lowest BCUT2D eigenvalue weighted by atomic mass is 9.98. The van der Waals surface area contributed by atoms with Gasteiger partial charge in [0.25, 0.3) is 5.91 Å². The Bertz CT molecular complexity index is 1280. The van der Waals surface area contributed by atoms with Crippen LogP contribution in [0.25, 0.3) is 11.0 Å². The fourth-order valence-corrected chi connectivity index (χ4v) is 5.11. The Morgan fingerprint density at radius 3 is 2.71 bits per heavy atom. The molecule has 184 valence electrons. The number of morpholine rings is 1. The number of fused-ring (bicyclic) bond motifs is 2. The van der Waals surface area contributed by atoms with Crippen molar-refractivity contribution in [2.24, 2.45) is 0 Å². The highest BCUT2D eigenvalue weighted by atomic mass is 79.9. The van der Waals surface area contributed by atoms with E-state index in [-0.39, 0.29) is 17.1 Å².